The quantitative estimate of drug-likeness (QED) is 0.794. The Bertz CT molecular complexity index is 461. The van der Waals surface area contributed by atoms with Crippen molar-refractivity contribution in [2.45, 2.75) is 12.5 Å². The molecule has 0 radical (unpaired) electrons. The van der Waals surface area contributed by atoms with Crippen molar-refractivity contribution in [3.8, 4) is 0 Å². The lowest BCUT2D eigenvalue weighted by atomic mass is 10.1. The molecule has 1 unspecified atom stereocenters. The summed E-state index contributed by atoms with van der Waals surface area (Å²) in [6.45, 7) is 1.92. The average Bonchev–Trinajstić information content (AvgIpc) is 2.35. The van der Waals surface area contributed by atoms with Gasteiger partial charge in [-0.15, -0.1) is 0 Å². The van der Waals surface area contributed by atoms with E-state index in [0.29, 0.717) is 10.8 Å². The minimum Gasteiger partial charge on any atom is -0.387 e. The number of thioether (sulfide) groups is 1. The van der Waals surface area contributed by atoms with Gasteiger partial charge in [0.15, 0.2) is 0 Å². The lowest BCUT2D eigenvalue weighted by Gasteiger charge is -2.21. The van der Waals surface area contributed by atoms with Gasteiger partial charge in [-0.25, -0.2) is 0 Å². The first-order valence-electron chi connectivity index (χ1n) is 5.86. The molecule has 0 heterocycles. The van der Waals surface area contributed by atoms with Crippen LogP contribution in [0.4, 0.5) is 0 Å². The standard InChI is InChI=1S/C14H18ClNO2S/c1-14(18,10-19-2)9-16-13(17)8-7-11-5-3-4-6-12(11)15/h3-8,18H,9-10H2,1-2H3,(H,16,17)/b8-7+. The molecule has 0 aromatic heterocycles. The molecular formula is C14H18ClNO2S. The van der Waals surface area contributed by atoms with Gasteiger partial charge in [-0.05, 0) is 30.9 Å². The molecule has 3 nitrogen and oxygen atoms in total. The van der Waals surface area contributed by atoms with Gasteiger partial charge in [-0.2, -0.15) is 11.8 Å². The molecule has 0 saturated heterocycles. The predicted octanol–water partition coefficient (Wildman–Crippen LogP) is 2.58. The van der Waals surface area contributed by atoms with Gasteiger partial charge in [0.1, 0.15) is 0 Å². The first kappa shape index (κ1) is 16.1. The van der Waals surface area contributed by atoms with Crippen LogP contribution in [-0.2, 0) is 4.79 Å². The van der Waals surface area contributed by atoms with Crippen LogP contribution in [0, 0.1) is 0 Å². The second kappa shape index (κ2) is 7.58. The smallest absolute Gasteiger partial charge is 0.244 e. The van der Waals surface area contributed by atoms with E-state index in [4.69, 9.17) is 11.6 Å². The number of benzene rings is 1. The van der Waals surface area contributed by atoms with Crippen LogP contribution in [-0.4, -0.2) is 35.2 Å². The Labute approximate surface area is 123 Å². The van der Waals surface area contributed by atoms with Crippen LogP contribution >= 0.6 is 23.4 Å². The molecule has 104 valence electrons. The summed E-state index contributed by atoms with van der Waals surface area (Å²) < 4.78 is 0. The van der Waals surface area contributed by atoms with Gasteiger partial charge in [-0.3, -0.25) is 4.79 Å². The molecule has 0 aliphatic rings. The molecule has 1 aromatic rings. The molecule has 5 heteroatoms. The third-order valence-electron chi connectivity index (χ3n) is 2.42. The van der Waals surface area contributed by atoms with Crippen molar-refractivity contribution >= 4 is 35.3 Å². The molecule has 1 amide bonds. The third kappa shape index (κ3) is 6.14. The average molecular weight is 300 g/mol. The maximum absolute atomic E-state index is 11.6. The summed E-state index contributed by atoms with van der Waals surface area (Å²) in [5, 5.41) is 13.2. The highest BCUT2D eigenvalue weighted by Gasteiger charge is 2.19. The van der Waals surface area contributed by atoms with Gasteiger partial charge in [0.25, 0.3) is 0 Å². The van der Waals surface area contributed by atoms with Crippen LogP contribution < -0.4 is 5.32 Å². The topological polar surface area (TPSA) is 49.3 Å². The van der Waals surface area contributed by atoms with Crippen LogP contribution in [0.3, 0.4) is 0 Å². The van der Waals surface area contributed by atoms with E-state index in [-0.39, 0.29) is 12.5 Å². The molecule has 0 saturated carbocycles. The van der Waals surface area contributed by atoms with Crippen molar-refractivity contribution in [3.05, 3.63) is 40.9 Å². The van der Waals surface area contributed by atoms with E-state index in [9.17, 15) is 9.90 Å². The number of rotatable bonds is 6. The monoisotopic (exact) mass is 299 g/mol. The van der Waals surface area contributed by atoms with Crippen LogP contribution in [0.15, 0.2) is 30.3 Å². The summed E-state index contributed by atoms with van der Waals surface area (Å²) >= 11 is 7.51. The molecule has 2 N–H and O–H groups in total. The Morgan fingerprint density at radius 3 is 2.84 bits per heavy atom. The van der Waals surface area contributed by atoms with Gasteiger partial charge in [-0.1, -0.05) is 29.8 Å². The summed E-state index contributed by atoms with van der Waals surface area (Å²) in [6, 6.07) is 7.28. The largest absolute Gasteiger partial charge is 0.387 e. The van der Waals surface area contributed by atoms with Crippen molar-refractivity contribution in [3.63, 3.8) is 0 Å². The summed E-state index contributed by atoms with van der Waals surface area (Å²) in [6.07, 6.45) is 4.98. The van der Waals surface area contributed by atoms with E-state index in [2.05, 4.69) is 5.32 Å². The highest BCUT2D eigenvalue weighted by atomic mass is 35.5. The van der Waals surface area contributed by atoms with E-state index in [0.717, 1.165) is 5.56 Å². The van der Waals surface area contributed by atoms with Crippen LogP contribution in [0.25, 0.3) is 6.08 Å². The molecule has 0 spiro atoms. The van der Waals surface area contributed by atoms with Gasteiger partial charge in [0, 0.05) is 23.4 Å². The molecule has 1 rings (SSSR count). The maximum atomic E-state index is 11.6. The molecule has 0 bridgehead atoms. The van der Waals surface area contributed by atoms with Crippen molar-refractivity contribution in [1.82, 2.24) is 5.32 Å². The lowest BCUT2D eigenvalue weighted by Crippen LogP contribution is -2.41. The van der Waals surface area contributed by atoms with Crippen molar-refractivity contribution in [2.24, 2.45) is 0 Å². The molecule has 1 atom stereocenters. The van der Waals surface area contributed by atoms with Crippen LogP contribution in [0.1, 0.15) is 12.5 Å². The minimum absolute atomic E-state index is 0.222. The van der Waals surface area contributed by atoms with Crippen LogP contribution in [0.5, 0.6) is 0 Å². The Balaban J connectivity index is 2.50. The fraction of sp³-hybridized carbons (Fsp3) is 0.357. The van der Waals surface area contributed by atoms with Gasteiger partial charge in [0.05, 0.1) is 5.60 Å². The highest BCUT2D eigenvalue weighted by Crippen LogP contribution is 2.16. The summed E-state index contributed by atoms with van der Waals surface area (Å²) in [5.41, 5.74) is -0.108. The Morgan fingerprint density at radius 1 is 1.53 bits per heavy atom. The Morgan fingerprint density at radius 2 is 2.21 bits per heavy atom. The lowest BCUT2D eigenvalue weighted by molar-refractivity contribution is -0.117. The van der Waals surface area contributed by atoms with E-state index in [1.54, 1.807) is 19.1 Å². The molecular weight excluding hydrogens is 282 g/mol. The fourth-order valence-corrected chi connectivity index (χ4v) is 2.40. The summed E-state index contributed by atoms with van der Waals surface area (Å²) in [4.78, 5) is 11.6. The van der Waals surface area contributed by atoms with E-state index >= 15 is 0 Å². The molecule has 0 aliphatic heterocycles. The first-order valence-corrected chi connectivity index (χ1v) is 7.63. The molecule has 19 heavy (non-hydrogen) atoms. The van der Waals surface area contributed by atoms with Crippen molar-refractivity contribution < 1.29 is 9.90 Å². The van der Waals surface area contributed by atoms with Crippen molar-refractivity contribution in [2.75, 3.05) is 18.6 Å². The van der Waals surface area contributed by atoms with Crippen molar-refractivity contribution in [1.29, 1.82) is 0 Å². The number of aliphatic hydroxyl groups is 1. The number of nitrogens with one attached hydrogen (secondary N) is 1. The van der Waals surface area contributed by atoms with Crippen LogP contribution in [0.2, 0.25) is 5.02 Å². The zero-order valence-electron chi connectivity index (χ0n) is 11.0. The Hall–Kier alpha value is -0.970. The van der Waals surface area contributed by atoms with Gasteiger partial charge in [0.2, 0.25) is 5.91 Å². The molecule has 0 aliphatic carbocycles. The SMILES string of the molecule is CSCC(C)(O)CNC(=O)/C=C/c1ccccc1Cl. The van der Waals surface area contributed by atoms with E-state index in [1.165, 1.54) is 17.8 Å². The summed E-state index contributed by atoms with van der Waals surface area (Å²) in [5.74, 6) is 0.322. The first-order chi connectivity index (χ1) is 8.94. The minimum atomic E-state index is -0.896. The van der Waals surface area contributed by atoms with E-state index < -0.39 is 5.60 Å². The highest BCUT2D eigenvalue weighted by molar-refractivity contribution is 7.98. The van der Waals surface area contributed by atoms with Gasteiger partial charge < -0.3 is 10.4 Å². The Kier molecular flexibility index (Phi) is 6.42. The number of hydrogen-bond donors (Lipinski definition) is 2. The van der Waals surface area contributed by atoms with Gasteiger partial charge >= 0.3 is 0 Å². The normalized spacial score (nSPS) is 14.3. The maximum Gasteiger partial charge on any atom is 0.244 e. The third-order valence-corrected chi connectivity index (χ3v) is 3.67. The number of halogens is 1. The molecule has 0 fully saturated rings. The zero-order valence-corrected chi connectivity index (χ0v) is 12.6. The van der Waals surface area contributed by atoms with E-state index in [1.807, 2.05) is 24.5 Å². The number of carbonyl (C=O) groups is 1. The number of carbonyl (C=O) groups excluding carboxylic acids is 1. The second-order valence-corrected chi connectivity index (χ2v) is 5.78. The predicted molar refractivity (Wildman–Crippen MR) is 82.5 cm³/mol. The number of hydrogen-bond acceptors (Lipinski definition) is 3. The zero-order chi connectivity index (χ0) is 14.3. The molecule has 1 aromatic carbocycles. The summed E-state index contributed by atoms with van der Waals surface area (Å²) in [7, 11) is 0. The second-order valence-electron chi connectivity index (χ2n) is 4.50. The number of amides is 1. The fourth-order valence-electron chi connectivity index (χ4n) is 1.47.